The molecule has 0 amide bonds. The molecular formula is C23H26O5. The average molecular weight is 382 g/mol. The van der Waals surface area contributed by atoms with E-state index in [0.29, 0.717) is 17.4 Å². The molecule has 2 fully saturated rings. The SMILES string of the molecule is CC[C@H](C)OC(=O)[C@@H]1[C@H]2C=C[C@@H]([C@@H]3C[C@H]23)[C@@H]1C(=O)OCC(=O)c1ccccc1. The van der Waals surface area contributed by atoms with Crippen molar-refractivity contribution in [3.8, 4) is 0 Å². The van der Waals surface area contributed by atoms with Gasteiger partial charge >= 0.3 is 11.9 Å². The van der Waals surface area contributed by atoms with Crippen LogP contribution >= 0.6 is 0 Å². The lowest BCUT2D eigenvalue weighted by atomic mass is 9.62. The number of ketones is 1. The predicted molar refractivity (Wildman–Crippen MR) is 102 cm³/mol. The third-order valence-electron chi connectivity index (χ3n) is 6.53. The highest BCUT2D eigenvalue weighted by Crippen LogP contribution is 2.63. The summed E-state index contributed by atoms with van der Waals surface area (Å²) in [7, 11) is 0. The molecule has 2 saturated carbocycles. The lowest BCUT2D eigenvalue weighted by Crippen LogP contribution is -2.48. The van der Waals surface area contributed by atoms with Crippen LogP contribution < -0.4 is 0 Å². The molecular weight excluding hydrogens is 356 g/mol. The summed E-state index contributed by atoms with van der Waals surface area (Å²) in [6.07, 6.45) is 5.75. The number of Topliss-reactive ketones (excluding diaryl/α,β-unsaturated/α-hetero) is 1. The molecule has 0 aliphatic heterocycles. The van der Waals surface area contributed by atoms with E-state index in [1.165, 1.54) is 0 Å². The zero-order chi connectivity index (χ0) is 19.8. The first-order valence-electron chi connectivity index (χ1n) is 10.1. The second-order valence-corrected chi connectivity index (χ2v) is 8.21. The highest BCUT2D eigenvalue weighted by Gasteiger charge is 2.63. The van der Waals surface area contributed by atoms with Gasteiger partial charge in [0.1, 0.15) is 0 Å². The van der Waals surface area contributed by atoms with Gasteiger partial charge in [-0.2, -0.15) is 0 Å². The van der Waals surface area contributed by atoms with Crippen LogP contribution in [0.15, 0.2) is 42.5 Å². The predicted octanol–water partition coefficient (Wildman–Crippen LogP) is 3.44. The Bertz CT molecular complexity index is 798. The number of ether oxygens (including phenoxy) is 2. The van der Waals surface area contributed by atoms with Crippen molar-refractivity contribution < 1.29 is 23.9 Å². The molecule has 5 nitrogen and oxygen atoms in total. The lowest BCUT2D eigenvalue weighted by Gasteiger charge is -2.42. The molecule has 7 atom stereocenters. The van der Waals surface area contributed by atoms with Crippen molar-refractivity contribution in [2.24, 2.45) is 35.5 Å². The minimum atomic E-state index is -0.557. The van der Waals surface area contributed by atoms with Gasteiger partial charge in [-0.25, -0.2) is 0 Å². The first kappa shape index (κ1) is 18.9. The molecule has 0 radical (unpaired) electrons. The molecule has 0 N–H and O–H groups in total. The summed E-state index contributed by atoms with van der Waals surface area (Å²) in [6, 6.07) is 8.76. The number of esters is 2. The third-order valence-corrected chi connectivity index (χ3v) is 6.53. The largest absolute Gasteiger partial charge is 0.462 e. The molecule has 0 spiro atoms. The fourth-order valence-corrected chi connectivity index (χ4v) is 4.82. The van der Waals surface area contributed by atoms with Crippen molar-refractivity contribution in [2.45, 2.75) is 32.8 Å². The summed E-state index contributed by atoms with van der Waals surface area (Å²) in [6.45, 7) is 3.52. The van der Waals surface area contributed by atoms with E-state index in [-0.39, 0.29) is 36.3 Å². The molecule has 4 aliphatic carbocycles. The highest BCUT2D eigenvalue weighted by atomic mass is 16.5. The molecule has 4 aliphatic rings. The Hall–Kier alpha value is -2.43. The number of allylic oxidation sites excluding steroid dienone is 2. The minimum Gasteiger partial charge on any atom is -0.462 e. The molecule has 0 aromatic heterocycles. The van der Waals surface area contributed by atoms with Gasteiger partial charge in [-0.05, 0) is 43.4 Å². The summed E-state index contributed by atoms with van der Waals surface area (Å²) in [5, 5.41) is 0. The maximum absolute atomic E-state index is 12.9. The van der Waals surface area contributed by atoms with Gasteiger partial charge in [-0.3, -0.25) is 14.4 Å². The number of carbonyl (C=O) groups excluding carboxylic acids is 3. The van der Waals surface area contributed by atoms with Crippen LogP contribution in [0.25, 0.3) is 0 Å². The van der Waals surface area contributed by atoms with Crippen LogP contribution in [0, 0.1) is 35.5 Å². The molecule has 0 heterocycles. The standard InChI is InChI=1S/C23H26O5/c1-3-13(2)28-23(26)21-16-10-9-15(17-11-18(16)17)20(21)22(25)27-12-19(24)14-7-5-4-6-8-14/h4-10,13,15-18,20-21H,3,11-12H2,1-2H3/t13-,15-,16-,17-,18+,20-,21+/m0/s1. The molecule has 148 valence electrons. The number of hydrogen-bond acceptors (Lipinski definition) is 5. The van der Waals surface area contributed by atoms with Crippen LogP contribution in [-0.4, -0.2) is 30.4 Å². The van der Waals surface area contributed by atoms with Crippen molar-refractivity contribution in [3.63, 3.8) is 0 Å². The van der Waals surface area contributed by atoms with Crippen molar-refractivity contribution in [3.05, 3.63) is 48.0 Å². The van der Waals surface area contributed by atoms with Gasteiger partial charge in [0.05, 0.1) is 17.9 Å². The number of benzene rings is 1. The molecule has 5 rings (SSSR count). The summed E-state index contributed by atoms with van der Waals surface area (Å²) in [5.41, 5.74) is 0.510. The Labute approximate surface area is 165 Å². The van der Waals surface area contributed by atoms with Gasteiger partial charge in [0.25, 0.3) is 0 Å². The van der Waals surface area contributed by atoms with E-state index in [1.54, 1.807) is 24.3 Å². The van der Waals surface area contributed by atoms with E-state index in [4.69, 9.17) is 9.47 Å². The zero-order valence-corrected chi connectivity index (χ0v) is 16.2. The average Bonchev–Trinajstić information content (AvgIpc) is 3.54. The second kappa shape index (κ2) is 7.53. The molecule has 5 heteroatoms. The van der Waals surface area contributed by atoms with E-state index in [0.717, 1.165) is 12.8 Å². The minimum absolute atomic E-state index is 0.00353. The second-order valence-electron chi connectivity index (χ2n) is 8.21. The number of fused-ring (bicyclic) bond motifs is 1. The molecule has 0 saturated heterocycles. The molecule has 1 aromatic rings. The fourth-order valence-electron chi connectivity index (χ4n) is 4.82. The van der Waals surface area contributed by atoms with Gasteiger partial charge in [0, 0.05) is 5.56 Å². The first-order chi connectivity index (χ1) is 13.5. The molecule has 2 bridgehead atoms. The van der Waals surface area contributed by atoms with Crippen molar-refractivity contribution in [1.82, 2.24) is 0 Å². The van der Waals surface area contributed by atoms with Crippen molar-refractivity contribution in [2.75, 3.05) is 6.61 Å². The van der Waals surface area contributed by atoms with Crippen molar-refractivity contribution >= 4 is 17.7 Å². The summed E-state index contributed by atoms with van der Waals surface area (Å²) in [4.78, 5) is 38.1. The normalized spacial score (nSPS) is 32.9. The maximum atomic E-state index is 12.9. The smallest absolute Gasteiger partial charge is 0.310 e. The number of carbonyl (C=O) groups is 3. The Kier molecular flexibility index (Phi) is 5.09. The fraction of sp³-hybridized carbons (Fsp3) is 0.522. The van der Waals surface area contributed by atoms with Crippen LogP contribution in [0.5, 0.6) is 0 Å². The molecule has 1 aromatic carbocycles. The third kappa shape index (κ3) is 3.38. The van der Waals surface area contributed by atoms with Crippen LogP contribution in [0.1, 0.15) is 37.0 Å². The van der Waals surface area contributed by atoms with E-state index in [1.807, 2.05) is 19.9 Å². The summed E-state index contributed by atoms with van der Waals surface area (Å²) in [5.74, 6) is -1.11. The van der Waals surface area contributed by atoms with Crippen LogP contribution in [0.3, 0.4) is 0 Å². The Balaban J connectivity index is 1.47. The van der Waals surface area contributed by atoms with Gasteiger partial charge in [0.2, 0.25) is 0 Å². The summed E-state index contributed by atoms with van der Waals surface area (Å²) >= 11 is 0. The number of rotatable bonds is 7. The lowest BCUT2D eigenvalue weighted by molar-refractivity contribution is -0.170. The van der Waals surface area contributed by atoms with Gasteiger partial charge in [-0.15, -0.1) is 0 Å². The van der Waals surface area contributed by atoms with E-state index < -0.39 is 17.8 Å². The van der Waals surface area contributed by atoms with E-state index in [9.17, 15) is 14.4 Å². The zero-order valence-electron chi connectivity index (χ0n) is 16.2. The quantitative estimate of drug-likeness (QED) is 0.410. The van der Waals surface area contributed by atoms with Gasteiger partial charge < -0.3 is 9.47 Å². The van der Waals surface area contributed by atoms with Crippen LogP contribution in [0.4, 0.5) is 0 Å². The maximum Gasteiger partial charge on any atom is 0.310 e. The number of hydrogen-bond donors (Lipinski definition) is 0. The van der Waals surface area contributed by atoms with Gasteiger partial charge in [-0.1, -0.05) is 49.4 Å². The first-order valence-corrected chi connectivity index (χ1v) is 10.1. The highest BCUT2D eigenvalue weighted by molar-refractivity contribution is 5.98. The van der Waals surface area contributed by atoms with E-state index >= 15 is 0 Å². The van der Waals surface area contributed by atoms with Crippen LogP contribution in [-0.2, 0) is 19.1 Å². The van der Waals surface area contributed by atoms with E-state index in [2.05, 4.69) is 12.2 Å². The van der Waals surface area contributed by atoms with Crippen molar-refractivity contribution in [1.29, 1.82) is 0 Å². The Morgan fingerprint density at radius 1 is 1.00 bits per heavy atom. The topological polar surface area (TPSA) is 69.7 Å². The van der Waals surface area contributed by atoms with Crippen LogP contribution in [0.2, 0.25) is 0 Å². The monoisotopic (exact) mass is 382 g/mol. The molecule has 28 heavy (non-hydrogen) atoms. The Morgan fingerprint density at radius 3 is 2.21 bits per heavy atom. The van der Waals surface area contributed by atoms with Gasteiger partial charge in [0.15, 0.2) is 12.4 Å². The Morgan fingerprint density at radius 2 is 1.61 bits per heavy atom. The summed E-state index contributed by atoms with van der Waals surface area (Å²) < 4.78 is 11.0. The molecule has 0 unspecified atom stereocenters.